The smallest absolute Gasteiger partial charge is 0.430 e. The van der Waals surface area contributed by atoms with Crippen LogP contribution in [0.2, 0.25) is 5.02 Å². The molecule has 1 aromatic heterocycles. The van der Waals surface area contributed by atoms with Gasteiger partial charge in [-0.05, 0) is 23.3 Å². The lowest BCUT2D eigenvalue weighted by Crippen LogP contribution is -2.53. The van der Waals surface area contributed by atoms with Gasteiger partial charge in [0.25, 0.3) is 5.60 Å². The average Bonchev–Trinajstić information content (AvgIpc) is 3.22. The first-order valence-electron chi connectivity index (χ1n) is 11.9. The molecule has 4 nitrogen and oxygen atoms in total. The second kappa shape index (κ2) is 9.43. The number of alkyl halides is 6. The molecule has 5 rings (SSSR count). The van der Waals surface area contributed by atoms with E-state index in [4.69, 9.17) is 16.3 Å². The number of hydrogen-bond acceptors (Lipinski definition) is 4. The summed E-state index contributed by atoms with van der Waals surface area (Å²) in [5.74, 6) is 0.845. The quantitative estimate of drug-likeness (QED) is 0.364. The fourth-order valence-corrected chi connectivity index (χ4v) is 5.50. The van der Waals surface area contributed by atoms with Gasteiger partial charge in [-0.2, -0.15) is 26.3 Å². The summed E-state index contributed by atoms with van der Waals surface area (Å²) < 4.78 is 85.2. The molecule has 0 aliphatic carbocycles. The third-order valence-electron chi connectivity index (χ3n) is 7.35. The Morgan fingerprint density at radius 1 is 0.947 bits per heavy atom. The van der Waals surface area contributed by atoms with Crippen molar-refractivity contribution in [3.05, 3.63) is 82.6 Å². The minimum Gasteiger partial charge on any atom is -0.485 e. The molecule has 11 heteroatoms. The van der Waals surface area contributed by atoms with Crippen molar-refractivity contribution in [3.8, 4) is 16.9 Å². The van der Waals surface area contributed by atoms with Gasteiger partial charge in [-0.1, -0.05) is 48.0 Å². The van der Waals surface area contributed by atoms with Crippen LogP contribution in [0.3, 0.4) is 0 Å². The van der Waals surface area contributed by atoms with E-state index in [1.54, 1.807) is 24.5 Å². The van der Waals surface area contributed by atoms with Crippen molar-refractivity contribution < 1.29 is 36.2 Å². The molecule has 0 atom stereocenters. The van der Waals surface area contributed by atoms with Crippen LogP contribution in [0.15, 0.2) is 60.9 Å². The van der Waals surface area contributed by atoms with E-state index in [2.05, 4.69) is 9.88 Å². The number of rotatable bonds is 4. The lowest BCUT2D eigenvalue weighted by atomic mass is 9.87. The highest BCUT2D eigenvalue weighted by Crippen LogP contribution is 2.50. The number of hydrogen-bond donors (Lipinski definition) is 1. The van der Waals surface area contributed by atoms with Crippen LogP contribution < -0.4 is 4.74 Å². The maximum absolute atomic E-state index is 13.2. The van der Waals surface area contributed by atoms with Crippen molar-refractivity contribution in [1.29, 1.82) is 0 Å². The molecule has 0 unspecified atom stereocenters. The highest BCUT2D eigenvalue weighted by atomic mass is 35.5. The van der Waals surface area contributed by atoms with E-state index in [-0.39, 0.29) is 5.60 Å². The summed E-state index contributed by atoms with van der Waals surface area (Å²) >= 11 is 6.45. The fourth-order valence-electron chi connectivity index (χ4n) is 5.19. The normalized spacial score (nSPS) is 17.9. The van der Waals surface area contributed by atoms with Gasteiger partial charge in [0.05, 0.1) is 6.20 Å². The molecule has 3 aromatic rings. The van der Waals surface area contributed by atoms with Crippen LogP contribution in [0, 0.1) is 0 Å². The molecule has 2 aliphatic rings. The largest absolute Gasteiger partial charge is 0.485 e. The van der Waals surface area contributed by atoms with Gasteiger partial charge in [-0.25, -0.2) is 0 Å². The monoisotopic (exact) mass is 556 g/mol. The van der Waals surface area contributed by atoms with Crippen molar-refractivity contribution in [1.82, 2.24) is 9.88 Å². The zero-order chi connectivity index (χ0) is 27.3. The third-order valence-corrected chi connectivity index (χ3v) is 7.66. The van der Waals surface area contributed by atoms with Gasteiger partial charge in [0, 0.05) is 66.8 Å². The first kappa shape index (κ1) is 26.8. The molecule has 38 heavy (non-hydrogen) atoms. The van der Waals surface area contributed by atoms with E-state index in [0.29, 0.717) is 34.8 Å². The van der Waals surface area contributed by atoms with Crippen LogP contribution in [0.5, 0.6) is 5.75 Å². The molecule has 1 N–H and O–H groups in total. The summed E-state index contributed by atoms with van der Waals surface area (Å²) in [5.41, 5.74) is -3.62. The topological polar surface area (TPSA) is 45.6 Å². The number of halogens is 7. The van der Waals surface area contributed by atoms with Gasteiger partial charge in [0.2, 0.25) is 0 Å². The third kappa shape index (κ3) is 4.74. The Balaban J connectivity index is 1.26. The van der Waals surface area contributed by atoms with Gasteiger partial charge in [0.15, 0.2) is 0 Å². The van der Waals surface area contributed by atoms with E-state index >= 15 is 0 Å². The van der Waals surface area contributed by atoms with Crippen molar-refractivity contribution in [2.75, 3.05) is 13.1 Å². The summed E-state index contributed by atoms with van der Waals surface area (Å²) in [7, 11) is 0. The minimum absolute atomic E-state index is 0.208. The maximum Gasteiger partial charge on any atom is 0.430 e. The molecule has 1 fully saturated rings. The molecule has 202 valence electrons. The number of likely N-dealkylation sites (tertiary alicyclic amines) is 1. The lowest BCUT2D eigenvalue weighted by Gasteiger charge is -2.38. The molecule has 2 aromatic carbocycles. The number of pyridine rings is 1. The Kier molecular flexibility index (Phi) is 6.64. The predicted molar refractivity (Wildman–Crippen MR) is 129 cm³/mol. The van der Waals surface area contributed by atoms with Crippen LogP contribution >= 0.6 is 11.6 Å². The minimum atomic E-state index is -5.94. The Labute approximate surface area is 219 Å². The Morgan fingerprint density at radius 2 is 1.61 bits per heavy atom. The molecule has 0 bridgehead atoms. The number of benzene rings is 2. The second-order valence-electron chi connectivity index (χ2n) is 9.82. The Morgan fingerprint density at radius 3 is 2.18 bits per heavy atom. The van der Waals surface area contributed by atoms with E-state index in [1.807, 2.05) is 12.1 Å². The summed E-state index contributed by atoms with van der Waals surface area (Å²) in [5, 5.41) is 9.90. The van der Waals surface area contributed by atoms with Gasteiger partial charge in [-0.15, -0.1) is 0 Å². The number of piperidine rings is 1. The first-order chi connectivity index (χ1) is 17.8. The Hall–Kier alpha value is -2.82. The van der Waals surface area contributed by atoms with E-state index in [1.165, 1.54) is 5.56 Å². The second-order valence-corrected chi connectivity index (χ2v) is 10.2. The average molecular weight is 557 g/mol. The SMILES string of the molecule is OC(c1ccc(-c2ccc(CN3CCC4(CC3)Cc3ccncc3O4)cc2Cl)cc1)(C(F)(F)F)C(F)(F)F. The highest BCUT2D eigenvalue weighted by Gasteiger charge is 2.71. The van der Waals surface area contributed by atoms with Crippen molar-refractivity contribution in [2.24, 2.45) is 0 Å². The number of nitrogens with zero attached hydrogens (tertiary/aromatic N) is 2. The standard InChI is InChI=1S/C27H23ClF6N2O2/c28-22-13-17(16-36-11-8-24(9-12-36)14-19-7-10-35-15-23(19)38-24)1-6-21(22)18-2-4-20(5-3-18)25(37,26(29,30)31)27(32,33)34/h1-7,10,13,15,37H,8-9,11-12,14,16H2. The molecule has 0 radical (unpaired) electrons. The van der Waals surface area contributed by atoms with Crippen LogP contribution in [0.25, 0.3) is 11.1 Å². The molecule has 3 heterocycles. The molecule has 1 saturated heterocycles. The molecule has 0 amide bonds. The molecule has 0 saturated carbocycles. The number of aliphatic hydroxyl groups is 1. The van der Waals surface area contributed by atoms with Crippen LogP contribution in [-0.4, -0.2) is 46.0 Å². The van der Waals surface area contributed by atoms with Crippen molar-refractivity contribution in [2.45, 2.75) is 49.4 Å². The van der Waals surface area contributed by atoms with Crippen LogP contribution in [0.1, 0.15) is 29.5 Å². The summed E-state index contributed by atoms with van der Waals surface area (Å²) in [6.45, 7) is 2.28. The van der Waals surface area contributed by atoms with Gasteiger partial charge in [-0.3, -0.25) is 9.88 Å². The zero-order valence-corrected chi connectivity index (χ0v) is 20.7. The Bertz CT molecular complexity index is 1280. The van der Waals surface area contributed by atoms with E-state index in [9.17, 15) is 31.4 Å². The molecule has 1 spiro atoms. The first-order valence-corrected chi connectivity index (χ1v) is 12.3. The van der Waals surface area contributed by atoms with Crippen LogP contribution in [-0.2, 0) is 18.6 Å². The van der Waals surface area contributed by atoms with Gasteiger partial charge >= 0.3 is 12.4 Å². The summed E-state index contributed by atoms with van der Waals surface area (Å²) in [6.07, 6.45) is -5.77. The molecule has 2 aliphatic heterocycles. The summed E-state index contributed by atoms with van der Waals surface area (Å²) in [6, 6.07) is 10.6. The van der Waals surface area contributed by atoms with Gasteiger partial charge in [0.1, 0.15) is 11.4 Å². The number of aromatic nitrogens is 1. The van der Waals surface area contributed by atoms with Gasteiger partial charge < -0.3 is 9.84 Å². The zero-order valence-electron chi connectivity index (χ0n) is 19.9. The van der Waals surface area contributed by atoms with Crippen molar-refractivity contribution in [3.63, 3.8) is 0 Å². The predicted octanol–water partition coefficient (Wildman–Crippen LogP) is 6.68. The van der Waals surface area contributed by atoms with E-state index < -0.39 is 23.5 Å². The van der Waals surface area contributed by atoms with E-state index in [0.717, 1.165) is 55.8 Å². The van der Waals surface area contributed by atoms with Crippen molar-refractivity contribution >= 4 is 11.6 Å². The maximum atomic E-state index is 13.2. The highest BCUT2D eigenvalue weighted by molar-refractivity contribution is 6.33. The number of ether oxygens (including phenoxy) is 1. The summed E-state index contributed by atoms with van der Waals surface area (Å²) in [4.78, 5) is 6.41. The molecular weight excluding hydrogens is 534 g/mol. The number of fused-ring (bicyclic) bond motifs is 1. The lowest BCUT2D eigenvalue weighted by molar-refractivity contribution is -0.376. The molecular formula is C27H23ClF6N2O2. The van der Waals surface area contributed by atoms with Crippen LogP contribution in [0.4, 0.5) is 26.3 Å². The fraction of sp³-hybridized carbons (Fsp3) is 0.370.